The molecule has 0 unspecified atom stereocenters. The smallest absolute Gasteiger partial charge is 0.381 e. The number of ether oxygens (including phenoxy) is 1. The monoisotopic (exact) mass is 484 g/mol. The first-order valence-corrected chi connectivity index (χ1v) is 10.1. The molecule has 3 rings (SSSR count). The van der Waals surface area contributed by atoms with Crippen LogP contribution in [0.15, 0.2) is 53.0 Å². The Balaban J connectivity index is 1.74. The molecule has 0 saturated carbocycles. The largest absolute Gasteiger partial charge is 0.416 e. The van der Waals surface area contributed by atoms with Crippen molar-refractivity contribution < 1.29 is 27.5 Å². The number of amides is 2. The van der Waals surface area contributed by atoms with Gasteiger partial charge in [-0.25, -0.2) is 0 Å². The van der Waals surface area contributed by atoms with Gasteiger partial charge in [-0.1, -0.05) is 34.1 Å². The van der Waals surface area contributed by atoms with E-state index in [9.17, 15) is 22.8 Å². The lowest BCUT2D eigenvalue weighted by molar-refractivity contribution is -0.138. The topological polar surface area (TPSA) is 67.4 Å². The molecule has 1 saturated heterocycles. The Morgan fingerprint density at radius 3 is 2.37 bits per heavy atom. The Morgan fingerprint density at radius 1 is 1.07 bits per heavy atom. The molecule has 1 aliphatic rings. The normalized spacial score (nSPS) is 16.0. The summed E-state index contributed by atoms with van der Waals surface area (Å²) in [6.45, 7) is 0.194. The number of hydrogen-bond donors (Lipinski definition) is 2. The van der Waals surface area contributed by atoms with E-state index in [0.717, 1.165) is 16.6 Å². The molecule has 160 valence electrons. The predicted octanol–water partition coefficient (Wildman–Crippen LogP) is 4.27. The number of rotatable bonds is 5. The molecular formula is C21H20BrF3N2O3. The Bertz CT molecular complexity index is 910. The summed E-state index contributed by atoms with van der Waals surface area (Å²) >= 11 is 3.30. The van der Waals surface area contributed by atoms with E-state index in [1.54, 1.807) is 24.3 Å². The second-order valence-corrected chi connectivity index (χ2v) is 7.93. The molecule has 2 amide bonds. The lowest BCUT2D eigenvalue weighted by Crippen LogP contribution is -2.49. The van der Waals surface area contributed by atoms with Crippen molar-refractivity contribution in [3.05, 3.63) is 64.1 Å². The molecule has 0 aromatic heterocycles. The summed E-state index contributed by atoms with van der Waals surface area (Å²) < 4.78 is 45.7. The third-order valence-electron chi connectivity index (χ3n) is 5.06. The van der Waals surface area contributed by atoms with Crippen molar-refractivity contribution in [1.82, 2.24) is 5.32 Å². The summed E-state index contributed by atoms with van der Waals surface area (Å²) in [6, 6.07) is 11.7. The molecule has 1 aliphatic heterocycles. The van der Waals surface area contributed by atoms with Crippen LogP contribution in [-0.4, -0.2) is 31.6 Å². The van der Waals surface area contributed by atoms with E-state index < -0.39 is 29.0 Å². The highest BCUT2D eigenvalue weighted by molar-refractivity contribution is 9.10. The lowest BCUT2D eigenvalue weighted by atomic mass is 9.73. The maximum Gasteiger partial charge on any atom is 0.416 e. The minimum atomic E-state index is -4.51. The van der Waals surface area contributed by atoms with Crippen LogP contribution in [0.3, 0.4) is 0 Å². The van der Waals surface area contributed by atoms with Crippen LogP contribution in [-0.2, 0) is 25.9 Å². The molecule has 1 heterocycles. The molecule has 0 spiro atoms. The van der Waals surface area contributed by atoms with Gasteiger partial charge >= 0.3 is 6.18 Å². The van der Waals surface area contributed by atoms with Crippen LogP contribution in [0.25, 0.3) is 0 Å². The molecule has 0 radical (unpaired) electrons. The van der Waals surface area contributed by atoms with Gasteiger partial charge in [0.25, 0.3) is 0 Å². The summed E-state index contributed by atoms with van der Waals surface area (Å²) in [5, 5.41) is 5.25. The van der Waals surface area contributed by atoms with Crippen molar-refractivity contribution in [2.45, 2.75) is 24.4 Å². The average Bonchev–Trinajstić information content (AvgIpc) is 2.73. The molecule has 2 aromatic rings. The van der Waals surface area contributed by atoms with Gasteiger partial charge < -0.3 is 15.4 Å². The Morgan fingerprint density at radius 2 is 1.73 bits per heavy atom. The van der Waals surface area contributed by atoms with E-state index in [1.165, 1.54) is 12.1 Å². The Labute approximate surface area is 180 Å². The van der Waals surface area contributed by atoms with Crippen LogP contribution in [0.1, 0.15) is 24.0 Å². The van der Waals surface area contributed by atoms with E-state index in [0.29, 0.717) is 5.69 Å². The van der Waals surface area contributed by atoms with Crippen molar-refractivity contribution in [2.75, 3.05) is 25.1 Å². The lowest BCUT2D eigenvalue weighted by Gasteiger charge is -2.36. The first kappa shape index (κ1) is 22.3. The number of hydrogen-bond acceptors (Lipinski definition) is 3. The number of anilines is 1. The fourth-order valence-electron chi connectivity index (χ4n) is 3.43. The fraction of sp³-hybridized carbons (Fsp3) is 0.333. The zero-order valence-electron chi connectivity index (χ0n) is 15.9. The minimum Gasteiger partial charge on any atom is -0.381 e. The number of carbonyl (C=O) groups is 2. The summed E-state index contributed by atoms with van der Waals surface area (Å²) in [4.78, 5) is 25.2. The van der Waals surface area contributed by atoms with Gasteiger partial charge in [0.05, 0.1) is 17.5 Å². The van der Waals surface area contributed by atoms with Crippen molar-refractivity contribution in [2.24, 2.45) is 0 Å². The zero-order valence-corrected chi connectivity index (χ0v) is 17.5. The van der Waals surface area contributed by atoms with Crippen molar-refractivity contribution in [1.29, 1.82) is 0 Å². The second-order valence-electron chi connectivity index (χ2n) is 7.01. The second kappa shape index (κ2) is 9.18. The third kappa shape index (κ3) is 5.20. The first-order valence-electron chi connectivity index (χ1n) is 9.30. The predicted molar refractivity (Wildman–Crippen MR) is 109 cm³/mol. The molecule has 1 fully saturated rings. The van der Waals surface area contributed by atoms with Crippen LogP contribution in [0.4, 0.5) is 18.9 Å². The highest BCUT2D eigenvalue weighted by atomic mass is 79.9. The van der Waals surface area contributed by atoms with Crippen LogP contribution in [0.5, 0.6) is 0 Å². The summed E-state index contributed by atoms with van der Waals surface area (Å²) in [6.07, 6.45) is -4.05. The number of alkyl halides is 3. The summed E-state index contributed by atoms with van der Waals surface area (Å²) in [7, 11) is 0. The quantitative estimate of drug-likeness (QED) is 0.665. The zero-order chi connectivity index (χ0) is 21.8. The molecular weight excluding hydrogens is 465 g/mol. The molecule has 5 nitrogen and oxygen atoms in total. The molecule has 30 heavy (non-hydrogen) atoms. The Kier molecular flexibility index (Phi) is 6.82. The molecule has 9 heteroatoms. The minimum absolute atomic E-state index is 0.231. The highest BCUT2D eigenvalue weighted by Crippen LogP contribution is 2.38. The van der Waals surface area contributed by atoms with Gasteiger partial charge in [0.2, 0.25) is 11.8 Å². The maximum absolute atomic E-state index is 13.2. The molecule has 0 aliphatic carbocycles. The van der Waals surface area contributed by atoms with Crippen molar-refractivity contribution >= 4 is 33.4 Å². The van der Waals surface area contributed by atoms with Gasteiger partial charge in [0.1, 0.15) is 0 Å². The first-order chi connectivity index (χ1) is 14.2. The van der Waals surface area contributed by atoms with E-state index in [4.69, 9.17) is 4.74 Å². The van der Waals surface area contributed by atoms with Gasteiger partial charge in [-0.2, -0.15) is 13.2 Å². The van der Waals surface area contributed by atoms with Crippen molar-refractivity contribution in [3.8, 4) is 0 Å². The van der Waals surface area contributed by atoms with Crippen LogP contribution in [0.2, 0.25) is 0 Å². The van der Waals surface area contributed by atoms with E-state index in [-0.39, 0.29) is 38.2 Å². The number of carbonyl (C=O) groups excluding carboxylic acids is 2. The third-order valence-corrected chi connectivity index (χ3v) is 5.59. The summed E-state index contributed by atoms with van der Waals surface area (Å²) in [5.74, 6) is -0.923. The van der Waals surface area contributed by atoms with Crippen molar-refractivity contribution in [3.63, 3.8) is 0 Å². The van der Waals surface area contributed by atoms with Crippen LogP contribution < -0.4 is 10.6 Å². The van der Waals surface area contributed by atoms with Crippen LogP contribution in [0, 0.1) is 0 Å². The SMILES string of the molecule is O=C(CNC(=O)C1(c2cccc(C(F)(F)F)c2)CCOCC1)Nc1ccc(Br)cc1. The highest BCUT2D eigenvalue weighted by Gasteiger charge is 2.43. The molecule has 2 N–H and O–H groups in total. The van der Waals surface area contributed by atoms with Gasteiger partial charge in [0, 0.05) is 23.4 Å². The summed E-state index contributed by atoms with van der Waals surface area (Å²) in [5.41, 5.74) is -1.16. The van der Waals surface area contributed by atoms with E-state index >= 15 is 0 Å². The number of halogens is 4. The van der Waals surface area contributed by atoms with Gasteiger partial charge in [-0.3, -0.25) is 9.59 Å². The van der Waals surface area contributed by atoms with Gasteiger partial charge in [-0.05, 0) is 48.7 Å². The molecule has 0 atom stereocenters. The van der Waals surface area contributed by atoms with Gasteiger partial charge in [0.15, 0.2) is 0 Å². The number of benzene rings is 2. The number of nitrogens with one attached hydrogen (secondary N) is 2. The standard InChI is InChI=1S/C21H20BrF3N2O3/c22-16-4-6-17(7-5-16)27-18(28)13-26-19(29)20(8-10-30-11-9-20)14-2-1-3-15(12-14)21(23,24)25/h1-7,12H,8-11,13H2,(H,26,29)(H,27,28). The Hall–Kier alpha value is -2.39. The van der Waals surface area contributed by atoms with Crippen LogP contribution >= 0.6 is 15.9 Å². The van der Waals surface area contributed by atoms with Gasteiger partial charge in [-0.15, -0.1) is 0 Å². The molecule has 2 aromatic carbocycles. The molecule has 0 bridgehead atoms. The van der Waals surface area contributed by atoms with E-state index in [2.05, 4.69) is 26.6 Å². The fourth-order valence-corrected chi connectivity index (χ4v) is 3.69. The average molecular weight is 485 g/mol. The maximum atomic E-state index is 13.2. The van der Waals surface area contributed by atoms with E-state index in [1.807, 2.05) is 0 Å².